The van der Waals surface area contributed by atoms with Crippen molar-refractivity contribution in [2.24, 2.45) is 10.4 Å². The molecule has 0 saturated carbocycles. The maximum atomic E-state index is 13.8. The predicted molar refractivity (Wildman–Crippen MR) is 135 cm³/mol. The lowest BCUT2D eigenvalue weighted by molar-refractivity contribution is -0.0261. The van der Waals surface area contributed by atoms with Gasteiger partial charge in [0.15, 0.2) is 5.58 Å². The number of fused-ring (bicyclic) bond motifs is 6. The number of aromatic nitrogens is 1. The van der Waals surface area contributed by atoms with Crippen LogP contribution in [-0.2, 0) is 23.0 Å². The van der Waals surface area contributed by atoms with Gasteiger partial charge in [-0.3, -0.25) is 9.79 Å². The number of carbonyl (C=O) groups excluding carboxylic acids is 1. The average molecular weight is 470 g/mol. The molecule has 0 N–H and O–H groups in total. The number of likely N-dealkylation sites (tertiary alicyclic amines) is 1. The van der Waals surface area contributed by atoms with Crippen molar-refractivity contribution in [2.45, 2.75) is 70.4 Å². The molecule has 180 valence electrons. The minimum Gasteiger partial charge on any atom is -0.438 e. The van der Waals surface area contributed by atoms with Crippen LogP contribution in [0.25, 0.3) is 11.1 Å². The summed E-state index contributed by atoms with van der Waals surface area (Å²) in [4.78, 5) is 25.2. The largest absolute Gasteiger partial charge is 0.438 e. The number of amides is 1. The van der Waals surface area contributed by atoms with Crippen LogP contribution in [0, 0.1) is 5.41 Å². The summed E-state index contributed by atoms with van der Waals surface area (Å²) in [7, 11) is 0. The molecule has 6 nitrogen and oxygen atoms in total. The summed E-state index contributed by atoms with van der Waals surface area (Å²) in [6, 6.07) is 10.5. The lowest BCUT2D eigenvalue weighted by atomic mass is 9.51. The molecule has 3 atom stereocenters. The van der Waals surface area contributed by atoms with Crippen LogP contribution in [0.2, 0.25) is 0 Å². The molecule has 1 amide bonds. The summed E-state index contributed by atoms with van der Waals surface area (Å²) in [5.41, 5.74) is 7.15. The standard InChI is InChI=1S/C29H31N3O3/c1-28(2)25-15-19-14-24-22(31-26(35-24)23-5-4-12-34-23)16-20(19)29(28,3)9-11-32(25)27(33)18-6-7-21-17(13-18)8-10-30-21/h6-7,10,13-14,16,23,25H,4-5,8-9,11-12,15H2,1-3H3/t23-,25+,29-/m0/s1. The molecule has 1 aliphatic carbocycles. The number of ether oxygens (including phenoxy) is 1. The summed E-state index contributed by atoms with van der Waals surface area (Å²) in [6.45, 7) is 8.58. The van der Waals surface area contributed by atoms with Crippen LogP contribution in [-0.4, -0.2) is 41.2 Å². The van der Waals surface area contributed by atoms with E-state index in [1.807, 2.05) is 24.4 Å². The second kappa shape index (κ2) is 7.26. The number of hydrogen-bond donors (Lipinski definition) is 0. The predicted octanol–water partition coefficient (Wildman–Crippen LogP) is 5.69. The number of hydrogen-bond acceptors (Lipinski definition) is 5. The highest BCUT2D eigenvalue weighted by atomic mass is 16.5. The Balaban J connectivity index is 1.27. The molecule has 2 saturated heterocycles. The number of carbonyl (C=O) groups is 1. The molecule has 6 heteroatoms. The zero-order valence-corrected chi connectivity index (χ0v) is 20.6. The molecule has 7 rings (SSSR count). The van der Waals surface area contributed by atoms with Gasteiger partial charge in [-0.2, -0.15) is 0 Å². The zero-order valence-electron chi connectivity index (χ0n) is 20.6. The minimum atomic E-state index is -0.0808. The summed E-state index contributed by atoms with van der Waals surface area (Å²) >= 11 is 0. The number of benzene rings is 2. The van der Waals surface area contributed by atoms with E-state index in [1.165, 1.54) is 11.1 Å². The molecule has 2 aromatic carbocycles. The van der Waals surface area contributed by atoms with E-state index in [-0.39, 0.29) is 28.9 Å². The Kier molecular flexibility index (Phi) is 4.42. The molecule has 0 radical (unpaired) electrons. The van der Waals surface area contributed by atoms with E-state index in [1.54, 1.807) is 0 Å². The third kappa shape index (κ3) is 2.95. The fourth-order valence-corrected chi connectivity index (χ4v) is 6.92. The van der Waals surface area contributed by atoms with Gasteiger partial charge >= 0.3 is 0 Å². The molecule has 4 aliphatic rings. The first-order valence-electron chi connectivity index (χ1n) is 12.9. The van der Waals surface area contributed by atoms with Crippen molar-refractivity contribution < 1.29 is 13.9 Å². The lowest BCUT2D eigenvalue weighted by Gasteiger charge is -2.60. The Morgan fingerprint density at radius 3 is 2.86 bits per heavy atom. The monoisotopic (exact) mass is 469 g/mol. The van der Waals surface area contributed by atoms with Crippen LogP contribution >= 0.6 is 0 Å². The van der Waals surface area contributed by atoms with Crippen molar-refractivity contribution in [3.05, 3.63) is 58.5 Å². The van der Waals surface area contributed by atoms with Crippen LogP contribution in [0.1, 0.15) is 79.1 Å². The topological polar surface area (TPSA) is 67.9 Å². The quantitative estimate of drug-likeness (QED) is 0.483. The van der Waals surface area contributed by atoms with Crippen LogP contribution in [0.5, 0.6) is 0 Å². The fourth-order valence-electron chi connectivity index (χ4n) is 6.92. The molecule has 2 fully saturated rings. The second-order valence-corrected chi connectivity index (χ2v) is 11.4. The number of aliphatic imine (C=N–C) groups is 1. The first kappa shape index (κ1) is 21.3. The van der Waals surface area contributed by atoms with E-state index in [0.29, 0.717) is 5.89 Å². The van der Waals surface area contributed by atoms with Crippen molar-refractivity contribution in [1.29, 1.82) is 0 Å². The summed E-state index contributed by atoms with van der Waals surface area (Å²) < 4.78 is 12.0. The van der Waals surface area contributed by atoms with Crippen molar-refractivity contribution in [1.82, 2.24) is 9.88 Å². The normalized spacial score (nSPS) is 28.4. The smallest absolute Gasteiger partial charge is 0.254 e. The molecule has 1 aromatic heterocycles. The molecule has 3 aliphatic heterocycles. The Hall–Kier alpha value is -2.99. The molecular weight excluding hydrogens is 438 g/mol. The number of oxazole rings is 1. The number of piperidine rings is 1. The van der Waals surface area contributed by atoms with E-state index in [9.17, 15) is 4.79 Å². The molecular formula is C29H31N3O3. The van der Waals surface area contributed by atoms with Gasteiger partial charge in [0.2, 0.25) is 5.89 Å². The van der Waals surface area contributed by atoms with Crippen LogP contribution in [0.3, 0.4) is 0 Å². The van der Waals surface area contributed by atoms with Crippen LogP contribution in [0.4, 0.5) is 5.69 Å². The van der Waals surface area contributed by atoms with E-state index < -0.39 is 0 Å². The van der Waals surface area contributed by atoms with Gasteiger partial charge in [-0.1, -0.05) is 20.8 Å². The zero-order chi connectivity index (χ0) is 23.9. The van der Waals surface area contributed by atoms with E-state index in [2.05, 4.69) is 42.8 Å². The lowest BCUT2D eigenvalue weighted by Crippen LogP contribution is -2.64. The van der Waals surface area contributed by atoms with Gasteiger partial charge in [-0.15, -0.1) is 0 Å². The highest BCUT2D eigenvalue weighted by molar-refractivity contribution is 5.96. The van der Waals surface area contributed by atoms with Crippen molar-refractivity contribution in [2.75, 3.05) is 13.2 Å². The minimum absolute atomic E-state index is 0.0310. The highest BCUT2D eigenvalue weighted by Crippen LogP contribution is 2.56. The van der Waals surface area contributed by atoms with Crippen molar-refractivity contribution in [3.63, 3.8) is 0 Å². The maximum absolute atomic E-state index is 13.8. The third-order valence-electron chi connectivity index (χ3n) is 9.46. The van der Waals surface area contributed by atoms with Crippen molar-refractivity contribution >= 4 is 28.9 Å². The molecule has 0 spiro atoms. The van der Waals surface area contributed by atoms with Gasteiger partial charge < -0.3 is 14.1 Å². The highest BCUT2D eigenvalue weighted by Gasteiger charge is 2.57. The first-order valence-corrected chi connectivity index (χ1v) is 12.9. The van der Waals surface area contributed by atoms with Crippen LogP contribution < -0.4 is 0 Å². The van der Waals surface area contributed by atoms with Crippen LogP contribution in [0.15, 0.2) is 39.7 Å². The molecule has 2 bridgehead atoms. The van der Waals surface area contributed by atoms with Gasteiger partial charge in [0.25, 0.3) is 5.91 Å². The van der Waals surface area contributed by atoms with Gasteiger partial charge in [0, 0.05) is 42.8 Å². The first-order chi connectivity index (χ1) is 16.8. The number of rotatable bonds is 2. The Bertz CT molecular complexity index is 1400. The van der Waals surface area contributed by atoms with Gasteiger partial charge in [0.1, 0.15) is 11.6 Å². The molecule has 0 unspecified atom stereocenters. The second-order valence-electron chi connectivity index (χ2n) is 11.4. The molecule has 4 heterocycles. The molecule has 3 aromatic rings. The summed E-state index contributed by atoms with van der Waals surface area (Å²) in [5, 5.41) is 0. The van der Waals surface area contributed by atoms with Crippen molar-refractivity contribution in [3.8, 4) is 0 Å². The van der Waals surface area contributed by atoms with E-state index >= 15 is 0 Å². The SMILES string of the molecule is CC1(C)[C@H]2Cc3cc4oc([C@@H]5CCCO5)nc4cc3[C@]1(C)CCN2C(=O)c1ccc2c(c1)CC=N2. The Morgan fingerprint density at radius 2 is 2.03 bits per heavy atom. The van der Waals surface area contributed by atoms with Gasteiger partial charge in [-0.05, 0) is 78.1 Å². The maximum Gasteiger partial charge on any atom is 0.254 e. The molecule has 35 heavy (non-hydrogen) atoms. The third-order valence-corrected chi connectivity index (χ3v) is 9.46. The van der Waals surface area contributed by atoms with E-state index in [0.717, 1.165) is 73.2 Å². The fraction of sp³-hybridized carbons (Fsp3) is 0.483. The summed E-state index contributed by atoms with van der Waals surface area (Å²) in [6.07, 6.45) is 6.45. The van der Waals surface area contributed by atoms with E-state index in [4.69, 9.17) is 14.1 Å². The number of nitrogens with zero attached hydrogens (tertiary/aromatic N) is 3. The summed E-state index contributed by atoms with van der Waals surface area (Å²) in [5.74, 6) is 0.828. The van der Waals surface area contributed by atoms with Gasteiger partial charge in [0.05, 0.1) is 5.69 Å². The Labute approximate surface area is 205 Å². The van der Waals surface area contributed by atoms with Gasteiger partial charge in [-0.25, -0.2) is 4.98 Å². The Morgan fingerprint density at radius 1 is 1.14 bits per heavy atom. The average Bonchev–Trinajstić information content (AvgIpc) is 3.60.